The molecule has 0 bridgehead atoms. The van der Waals surface area contributed by atoms with E-state index in [1.54, 1.807) is 23.5 Å². The van der Waals surface area contributed by atoms with E-state index in [0.29, 0.717) is 12.2 Å². The Labute approximate surface area is 109 Å². The van der Waals surface area contributed by atoms with E-state index >= 15 is 0 Å². The third-order valence-corrected chi connectivity index (χ3v) is 3.69. The van der Waals surface area contributed by atoms with E-state index in [-0.39, 0.29) is 10.6 Å². The molecule has 4 nitrogen and oxygen atoms in total. The fourth-order valence-electron chi connectivity index (χ4n) is 1.70. The number of nitro benzene ring substituents is 1. The largest absolute Gasteiger partial charge is 0.375 e. The highest BCUT2D eigenvalue weighted by molar-refractivity contribution is 7.08. The van der Waals surface area contributed by atoms with Gasteiger partial charge in [0.2, 0.25) is 0 Å². The molecule has 0 saturated heterocycles. The number of nitrogens with zero attached hydrogens (tertiary/aromatic N) is 1. The average Bonchev–Trinajstić information content (AvgIpc) is 2.73. The summed E-state index contributed by atoms with van der Waals surface area (Å²) in [5, 5.41) is 18.2. The molecule has 0 saturated carbocycles. The lowest BCUT2D eigenvalue weighted by Gasteiger charge is -2.07. The molecule has 0 aliphatic rings. The lowest BCUT2D eigenvalue weighted by molar-refractivity contribution is -0.384. The van der Waals surface area contributed by atoms with Crippen LogP contribution in [0.5, 0.6) is 0 Å². The minimum Gasteiger partial charge on any atom is -0.375 e. The van der Waals surface area contributed by atoms with Crippen LogP contribution in [0.15, 0.2) is 29.0 Å². The van der Waals surface area contributed by atoms with E-state index in [4.69, 9.17) is 0 Å². The lowest BCUT2D eigenvalue weighted by atomic mass is 10.1. The molecule has 0 radical (unpaired) electrons. The first-order valence-electron chi connectivity index (χ1n) is 5.58. The van der Waals surface area contributed by atoms with Crippen molar-refractivity contribution in [2.45, 2.75) is 20.4 Å². The topological polar surface area (TPSA) is 55.2 Å². The lowest BCUT2D eigenvalue weighted by Crippen LogP contribution is -2.03. The fourth-order valence-corrected chi connectivity index (χ4v) is 2.56. The molecule has 1 heterocycles. The molecule has 0 atom stereocenters. The van der Waals surface area contributed by atoms with E-state index in [9.17, 15) is 10.1 Å². The Morgan fingerprint density at radius 1 is 1.33 bits per heavy atom. The Balaban J connectivity index is 2.19. The van der Waals surface area contributed by atoms with Gasteiger partial charge < -0.3 is 5.32 Å². The van der Waals surface area contributed by atoms with Gasteiger partial charge in [-0.05, 0) is 47.4 Å². The Hall–Kier alpha value is -1.88. The van der Waals surface area contributed by atoms with Crippen molar-refractivity contribution in [3.63, 3.8) is 0 Å². The van der Waals surface area contributed by atoms with Crippen molar-refractivity contribution in [1.82, 2.24) is 0 Å². The first-order chi connectivity index (χ1) is 8.58. The maximum absolute atomic E-state index is 11.0. The quantitative estimate of drug-likeness (QED) is 0.672. The number of benzene rings is 1. The predicted molar refractivity (Wildman–Crippen MR) is 74.2 cm³/mol. The van der Waals surface area contributed by atoms with Gasteiger partial charge in [-0.1, -0.05) is 6.07 Å². The van der Waals surface area contributed by atoms with Crippen LogP contribution in [-0.4, -0.2) is 4.92 Å². The van der Waals surface area contributed by atoms with Crippen molar-refractivity contribution >= 4 is 22.7 Å². The minimum absolute atomic E-state index is 0.128. The predicted octanol–water partition coefficient (Wildman–Crippen LogP) is 3.89. The number of aryl methyl sites for hydroxylation is 2. The van der Waals surface area contributed by atoms with Crippen LogP contribution in [0.1, 0.15) is 16.7 Å². The molecule has 2 aromatic rings. The number of nitrogens with one attached hydrogen (secondary N) is 1. The summed E-state index contributed by atoms with van der Waals surface area (Å²) in [7, 11) is 0. The smallest absolute Gasteiger partial charge is 0.292 e. The van der Waals surface area contributed by atoms with E-state index in [1.807, 2.05) is 19.9 Å². The van der Waals surface area contributed by atoms with E-state index in [0.717, 1.165) is 5.56 Å². The monoisotopic (exact) mass is 262 g/mol. The first kappa shape index (κ1) is 12.6. The highest BCUT2D eigenvalue weighted by Crippen LogP contribution is 2.26. The van der Waals surface area contributed by atoms with E-state index < -0.39 is 0 Å². The Morgan fingerprint density at radius 3 is 2.72 bits per heavy atom. The molecule has 0 aliphatic carbocycles. The normalized spacial score (nSPS) is 10.3. The standard InChI is InChI=1S/C13H14N2O2S/c1-9-3-4-12(13(5-9)15(16)17)14-6-11-8-18-7-10(11)2/h3-5,7-8,14H,6H2,1-2H3. The molecule has 0 unspecified atom stereocenters. The average molecular weight is 262 g/mol. The van der Waals surface area contributed by atoms with Crippen molar-refractivity contribution < 1.29 is 4.92 Å². The van der Waals surface area contributed by atoms with Crippen molar-refractivity contribution in [1.29, 1.82) is 0 Å². The third-order valence-electron chi connectivity index (χ3n) is 2.78. The van der Waals surface area contributed by atoms with Crippen LogP contribution in [0, 0.1) is 24.0 Å². The number of thiophene rings is 1. The molecule has 0 spiro atoms. The summed E-state index contributed by atoms with van der Waals surface area (Å²) in [6.07, 6.45) is 0. The zero-order chi connectivity index (χ0) is 13.1. The number of hydrogen-bond donors (Lipinski definition) is 1. The Bertz CT molecular complexity index is 578. The van der Waals surface area contributed by atoms with Gasteiger partial charge >= 0.3 is 0 Å². The molecule has 0 fully saturated rings. The summed E-state index contributed by atoms with van der Waals surface area (Å²) >= 11 is 1.64. The number of hydrogen-bond acceptors (Lipinski definition) is 4. The maximum Gasteiger partial charge on any atom is 0.292 e. The number of anilines is 1. The zero-order valence-corrected chi connectivity index (χ0v) is 11.1. The Morgan fingerprint density at radius 2 is 2.11 bits per heavy atom. The summed E-state index contributed by atoms with van der Waals surface area (Å²) in [6, 6.07) is 5.22. The van der Waals surface area contributed by atoms with Crippen LogP contribution >= 0.6 is 11.3 Å². The Kier molecular flexibility index (Phi) is 3.62. The molecule has 1 aromatic heterocycles. The molecule has 0 amide bonds. The van der Waals surface area contributed by atoms with Crippen LogP contribution < -0.4 is 5.32 Å². The molecular weight excluding hydrogens is 248 g/mol. The molecule has 5 heteroatoms. The van der Waals surface area contributed by atoms with E-state index in [2.05, 4.69) is 16.1 Å². The molecule has 94 valence electrons. The first-order valence-corrected chi connectivity index (χ1v) is 6.53. The van der Waals surface area contributed by atoms with Crippen molar-refractivity contribution in [2.75, 3.05) is 5.32 Å². The van der Waals surface area contributed by atoms with Crippen LogP contribution in [0.4, 0.5) is 11.4 Å². The second-order valence-electron chi connectivity index (χ2n) is 4.21. The van der Waals surface area contributed by atoms with Gasteiger partial charge in [0.15, 0.2) is 0 Å². The van der Waals surface area contributed by atoms with Crippen LogP contribution in [0.2, 0.25) is 0 Å². The number of nitro groups is 1. The van der Waals surface area contributed by atoms with Gasteiger partial charge in [-0.15, -0.1) is 0 Å². The second kappa shape index (κ2) is 5.18. The van der Waals surface area contributed by atoms with Crippen LogP contribution in [0.3, 0.4) is 0 Å². The van der Waals surface area contributed by atoms with E-state index in [1.165, 1.54) is 11.1 Å². The third kappa shape index (κ3) is 2.68. The van der Waals surface area contributed by atoms with Gasteiger partial charge in [0.05, 0.1) is 4.92 Å². The van der Waals surface area contributed by atoms with Crippen LogP contribution in [0.25, 0.3) is 0 Å². The van der Waals surface area contributed by atoms with Gasteiger partial charge in [0.1, 0.15) is 5.69 Å². The van der Waals surface area contributed by atoms with Crippen LogP contribution in [-0.2, 0) is 6.54 Å². The highest BCUT2D eigenvalue weighted by Gasteiger charge is 2.13. The molecular formula is C13H14N2O2S. The number of rotatable bonds is 4. The second-order valence-corrected chi connectivity index (χ2v) is 4.95. The SMILES string of the molecule is Cc1ccc(NCc2cscc2C)c([N+](=O)[O-])c1. The van der Waals surface area contributed by atoms with Gasteiger partial charge in [0.25, 0.3) is 5.69 Å². The summed E-state index contributed by atoms with van der Waals surface area (Å²) in [5.41, 5.74) is 3.97. The molecule has 1 N–H and O–H groups in total. The highest BCUT2D eigenvalue weighted by atomic mass is 32.1. The van der Waals surface area contributed by atoms with Gasteiger partial charge in [-0.2, -0.15) is 11.3 Å². The summed E-state index contributed by atoms with van der Waals surface area (Å²) in [5.74, 6) is 0. The summed E-state index contributed by atoms with van der Waals surface area (Å²) < 4.78 is 0. The maximum atomic E-state index is 11.0. The summed E-state index contributed by atoms with van der Waals surface area (Å²) in [4.78, 5) is 10.6. The van der Waals surface area contributed by atoms with Crippen molar-refractivity contribution in [2.24, 2.45) is 0 Å². The van der Waals surface area contributed by atoms with Crippen molar-refractivity contribution in [3.05, 3.63) is 55.8 Å². The minimum atomic E-state index is -0.351. The molecule has 0 aliphatic heterocycles. The van der Waals surface area contributed by atoms with Gasteiger partial charge in [0, 0.05) is 12.6 Å². The fraction of sp³-hybridized carbons (Fsp3) is 0.231. The van der Waals surface area contributed by atoms with Gasteiger partial charge in [-0.3, -0.25) is 10.1 Å². The van der Waals surface area contributed by atoms with Crippen molar-refractivity contribution in [3.8, 4) is 0 Å². The van der Waals surface area contributed by atoms with Gasteiger partial charge in [-0.25, -0.2) is 0 Å². The summed E-state index contributed by atoms with van der Waals surface area (Å²) in [6.45, 7) is 4.50. The molecule has 1 aromatic carbocycles. The zero-order valence-electron chi connectivity index (χ0n) is 10.3. The molecule has 18 heavy (non-hydrogen) atoms. The molecule has 2 rings (SSSR count).